The van der Waals surface area contributed by atoms with E-state index < -0.39 is 10.0 Å². The van der Waals surface area contributed by atoms with Crippen LogP contribution >= 0.6 is 11.8 Å². The van der Waals surface area contributed by atoms with Gasteiger partial charge in [-0.2, -0.15) is 4.31 Å². The summed E-state index contributed by atoms with van der Waals surface area (Å²) in [6.07, 6.45) is 2.95. The Morgan fingerprint density at radius 1 is 1.15 bits per heavy atom. The zero-order chi connectivity index (χ0) is 24.3. The number of carbonyl (C=O) groups is 2. The van der Waals surface area contributed by atoms with Gasteiger partial charge in [0.2, 0.25) is 21.8 Å². The normalized spacial score (nSPS) is 19.3. The molecule has 1 saturated heterocycles. The summed E-state index contributed by atoms with van der Waals surface area (Å²) >= 11 is 1.51. The third-order valence-corrected chi connectivity index (χ3v) is 8.98. The fourth-order valence-corrected chi connectivity index (χ4v) is 6.82. The van der Waals surface area contributed by atoms with E-state index >= 15 is 0 Å². The summed E-state index contributed by atoms with van der Waals surface area (Å²) < 4.78 is 33.2. The highest BCUT2D eigenvalue weighted by molar-refractivity contribution is 8.00. The predicted molar refractivity (Wildman–Crippen MR) is 133 cm³/mol. The lowest BCUT2D eigenvalue weighted by Gasteiger charge is -2.27. The Bertz CT molecular complexity index is 1180. The Balaban J connectivity index is 1.63. The standard InChI is InChI=1S/C24H29N3O5S2/c1-17-13-24(29)27(16-23(28)25-18-7-6-8-19(14-18)32-2)21-15-20(9-10-22(21)33-17)34(30,31)26-11-4-3-5-12-26/h6-10,14-15,17H,3-5,11-13,16H2,1-2H3,(H,25,28). The van der Waals surface area contributed by atoms with Crippen LogP contribution in [-0.2, 0) is 19.6 Å². The summed E-state index contributed by atoms with van der Waals surface area (Å²) in [5.41, 5.74) is 1.01. The molecule has 1 fully saturated rings. The van der Waals surface area contributed by atoms with Gasteiger partial charge >= 0.3 is 0 Å². The minimum Gasteiger partial charge on any atom is -0.497 e. The van der Waals surface area contributed by atoms with E-state index in [1.54, 1.807) is 49.6 Å². The van der Waals surface area contributed by atoms with Gasteiger partial charge in [-0.1, -0.05) is 19.4 Å². The minimum atomic E-state index is -3.67. The second-order valence-electron chi connectivity index (χ2n) is 8.49. The molecule has 0 spiro atoms. The number of thioether (sulfide) groups is 1. The molecular weight excluding hydrogens is 474 g/mol. The molecule has 182 valence electrons. The lowest BCUT2D eigenvalue weighted by atomic mass is 10.2. The summed E-state index contributed by atoms with van der Waals surface area (Å²) in [6, 6.07) is 11.9. The Kier molecular flexibility index (Phi) is 7.49. The maximum absolute atomic E-state index is 13.3. The fourth-order valence-electron chi connectivity index (χ4n) is 4.19. The second-order valence-corrected chi connectivity index (χ2v) is 11.9. The van der Waals surface area contributed by atoms with Crippen LogP contribution < -0.4 is 15.0 Å². The van der Waals surface area contributed by atoms with Gasteiger partial charge in [-0.05, 0) is 43.2 Å². The molecule has 34 heavy (non-hydrogen) atoms. The summed E-state index contributed by atoms with van der Waals surface area (Å²) in [6.45, 7) is 2.72. The van der Waals surface area contributed by atoms with E-state index in [0.29, 0.717) is 30.2 Å². The molecule has 2 aromatic rings. The smallest absolute Gasteiger partial charge is 0.244 e. The summed E-state index contributed by atoms with van der Waals surface area (Å²) in [7, 11) is -2.13. The number of methoxy groups -OCH3 is 1. The SMILES string of the molecule is COc1cccc(NC(=O)CN2C(=O)CC(C)Sc3ccc(S(=O)(=O)N4CCCCC4)cc32)c1. The number of nitrogens with zero attached hydrogens (tertiary/aromatic N) is 2. The third kappa shape index (κ3) is 5.39. The lowest BCUT2D eigenvalue weighted by molar-refractivity contribution is -0.121. The van der Waals surface area contributed by atoms with Crippen LogP contribution in [-0.4, -0.2) is 56.5 Å². The van der Waals surface area contributed by atoms with E-state index in [1.165, 1.54) is 21.0 Å². The van der Waals surface area contributed by atoms with E-state index in [2.05, 4.69) is 5.32 Å². The van der Waals surface area contributed by atoms with Gasteiger partial charge in [0, 0.05) is 41.4 Å². The monoisotopic (exact) mass is 503 g/mol. The number of rotatable bonds is 6. The largest absolute Gasteiger partial charge is 0.497 e. The zero-order valence-corrected chi connectivity index (χ0v) is 21.0. The molecule has 0 aliphatic carbocycles. The van der Waals surface area contributed by atoms with E-state index in [1.807, 2.05) is 6.92 Å². The first-order valence-corrected chi connectivity index (χ1v) is 13.6. The van der Waals surface area contributed by atoms with Crippen molar-refractivity contribution in [2.45, 2.75) is 47.6 Å². The van der Waals surface area contributed by atoms with Crippen molar-refractivity contribution in [1.82, 2.24) is 4.31 Å². The molecule has 0 bridgehead atoms. The number of ether oxygens (including phenoxy) is 1. The predicted octanol–water partition coefficient (Wildman–Crippen LogP) is 3.73. The van der Waals surface area contributed by atoms with Crippen molar-refractivity contribution in [2.75, 3.05) is 37.0 Å². The number of hydrogen-bond donors (Lipinski definition) is 1. The molecule has 2 aromatic carbocycles. The number of carbonyl (C=O) groups excluding carboxylic acids is 2. The Morgan fingerprint density at radius 2 is 1.91 bits per heavy atom. The topological polar surface area (TPSA) is 96.0 Å². The molecule has 0 aromatic heterocycles. The first-order chi connectivity index (χ1) is 16.3. The van der Waals surface area contributed by atoms with Crippen molar-refractivity contribution in [2.24, 2.45) is 0 Å². The van der Waals surface area contributed by atoms with Gasteiger partial charge in [-0.15, -0.1) is 11.8 Å². The van der Waals surface area contributed by atoms with Crippen LogP contribution in [0, 0.1) is 0 Å². The van der Waals surface area contributed by atoms with Gasteiger partial charge < -0.3 is 15.0 Å². The molecular formula is C24H29N3O5S2. The number of sulfonamides is 1. The van der Waals surface area contributed by atoms with Crippen molar-refractivity contribution in [3.05, 3.63) is 42.5 Å². The highest BCUT2D eigenvalue weighted by atomic mass is 32.2. The number of fused-ring (bicyclic) bond motifs is 1. The van der Waals surface area contributed by atoms with Gasteiger partial charge in [0.25, 0.3) is 0 Å². The number of anilines is 2. The molecule has 2 aliphatic heterocycles. The number of benzene rings is 2. The average molecular weight is 504 g/mol. The molecule has 2 amide bonds. The quantitative estimate of drug-likeness (QED) is 0.645. The average Bonchev–Trinajstić information content (AvgIpc) is 2.94. The van der Waals surface area contributed by atoms with Crippen molar-refractivity contribution < 1.29 is 22.7 Å². The van der Waals surface area contributed by atoms with E-state index in [9.17, 15) is 18.0 Å². The molecule has 2 heterocycles. The Morgan fingerprint density at radius 3 is 2.65 bits per heavy atom. The Labute approximate surface area is 204 Å². The summed E-state index contributed by atoms with van der Waals surface area (Å²) in [4.78, 5) is 28.3. The van der Waals surface area contributed by atoms with Crippen LogP contribution in [0.4, 0.5) is 11.4 Å². The minimum absolute atomic E-state index is 0.00208. The maximum Gasteiger partial charge on any atom is 0.244 e. The third-order valence-electron chi connectivity index (χ3n) is 5.92. The van der Waals surface area contributed by atoms with Crippen molar-refractivity contribution in [3.63, 3.8) is 0 Å². The molecule has 10 heteroatoms. The van der Waals surface area contributed by atoms with Gasteiger partial charge in [0.1, 0.15) is 12.3 Å². The van der Waals surface area contributed by atoms with Gasteiger partial charge in [0.15, 0.2) is 0 Å². The molecule has 4 rings (SSSR count). The van der Waals surface area contributed by atoms with E-state index in [-0.39, 0.29) is 34.9 Å². The van der Waals surface area contributed by atoms with Crippen molar-refractivity contribution in [1.29, 1.82) is 0 Å². The summed E-state index contributed by atoms with van der Waals surface area (Å²) in [5, 5.41) is 2.80. The molecule has 0 radical (unpaired) electrons. The number of piperidine rings is 1. The molecule has 0 saturated carbocycles. The van der Waals surface area contributed by atoms with Crippen LogP contribution in [0.15, 0.2) is 52.3 Å². The fraction of sp³-hybridized carbons (Fsp3) is 0.417. The van der Waals surface area contributed by atoms with Gasteiger partial charge in [-0.3, -0.25) is 9.59 Å². The highest BCUT2D eigenvalue weighted by Crippen LogP contribution is 2.39. The van der Waals surface area contributed by atoms with Gasteiger partial charge in [0.05, 0.1) is 17.7 Å². The van der Waals surface area contributed by atoms with Crippen LogP contribution in [0.3, 0.4) is 0 Å². The number of hydrogen-bond acceptors (Lipinski definition) is 6. The molecule has 1 N–H and O–H groups in total. The van der Waals surface area contributed by atoms with Crippen molar-refractivity contribution in [3.8, 4) is 5.75 Å². The van der Waals surface area contributed by atoms with Crippen LogP contribution in [0.25, 0.3) is 0 Å². The van der Waals surface area contributed by atoms with Crippen molar-refractivity contribution >= 4 is 45.0 Å². The number of nitrogens with one attached hydrogen (secondary N) is 1. The number of amides is 2. The molecule has 2 aliphatic rings. The van der Waals surface area contributed by atoms with Crippen LogP contribution in [0.1, 0.15) is 32.6 Å². The zero-order valence-electron chi connectivity index (χ0n) is 19.3. The molecule has 1 atom stereocenters. The highest BCUT2D eigenvalue weighted by Gasteiger charge is 2.31. The van der Waals surface area contributed by atoms with Crippen LogP contribution in [0.5, 0.6) is 5.75 Å². The first-order valence-electron chi connectivity index (χ1n) is 11.3. The first kappa shape index (κ1) is 24.6. The molecule has 1 unspecified atom stereocenters. The van der Waals surface area contributed by atoms with Crippen LogP contribution in [0.2, 0.25) is 0 Å². The second kappa shape index (κ2) is 10.4. The lowest BCUT2D eigenvalue weighted by Crippen LogP contribution is -2.39. The molecule has 8 nitrogen and oxygen atoms in total. The van der Waals surface area contributed by atoms with Gasteiger partial charge in [-0.25, -0.2) is 8.42 Å². The van der Waals surface area contributed by atoms with E-state index in [0.717, 1.165) is 24.2 Å². The van der Waals surface area contributed by atoms with E-state index in [4.69, 9.17) is 4.74 Å². The summed E-state index contributed by atoms with van der Waals surface area (Å²) in [5.74, 6) is 0.00948. The Hall–Kier alpha value is -2.56. The maximum atomic E-state index is 13.3.